The molecule has 0 saturated heterocycles. The van der Waals surface area contributed by atoms with Crippen LogP contribution in [0.2, 0.25) is 0 Å². The van der Waals surface area contributed by atoms with Crippen molar-refractivity contribution < 1.29 is 0 Å². The fourth-order valence-corrected chi connectivity index (χ4v) is 12.6. The molecule has 80 heavy (non-hydrogen) atoms. The molecule has 5 nitrogen and oxygen atoms in total. The van der Waals surface area contributed by atoms with Gasteiger partial charge in [0.15, 0.2) is 17.5 Å². The van der Waals surface area contributed by atoms with E-state index in [2.05, 4.69) is 294 Å². The third kappa shape index (κ3) is 7.29. The summed E-state index contributed by atoms with van der Waals surface area (Å²) >= 11 is 0. The van der Waals surface area contributed by atoms with Gasteiger partial charge in [0.2, 0.25) is 0 Å². The summed E-state index contributed by atoms with van der Waals surface area (Å²) in [5.74, 6) is 1.77. The summed E-state index contributed by atoms with van der Waals surface area (Å²) in [6, 6.07) is 102. The molecule has 0 aliphatic carbocycles. The van der Waals surface area contributed by atoms with Crippen LogP contribution < -0.4 is 0 Å². The number of benzene rings is 13. The topological polar surface area (TPSA) is 48.5 Å². The lowest BCUT2D eigenvalue weighted by Crippen LogP contribution is -2.04. The highest BCUT2D eigenvalue weighted by atomic mass is 15.1. The third-order valence-corrected chi connectivity index (χ3v) is 16.2. The Morgan fingerprint density at radius 3 is 1.21 bits per heavy atom. The second-order valence-electron chi connectivity index (χ2n) is 20.6. The minimum atomic E-state index is 0.578. The average Bonchev–Trinajstić information content (AvgIpc) is 4.24. The Bertz CT molecular complexity index is 5080. The van der Waals surface area contributed by atoms with Crippen molar-refractivity contribution in [2.75, 3.05) is 0 Å². The standard InChI is InChI=1S/C75H47N5/c1-4-21-48(22-5-1)50-25-18-26-52(45-50)73-76-74(53-42-43-59-57-31-11-10-29-55(57)56-30-12-13-32-58(56)65(59)46-53)78-75(77-73)64-44-41-51(49-23-6-2-7-24-49)47-70(64)80-67-38-17-15-34-63(67)72-61(36-20-40-69(72)80)60-35-19-39-68-71(60)62-33-14-16-37-66(62)79(68)54-27-8-3-9-28-54/h1-47H. The molecule has 0 amide bonds. The molecule has 0 N–H and O–H groups in total. The predicted molar refractivity (Wildman–Crippen MR) is 334 cm³/mol. The summed E-state index contributed by atoms with van der Waals surface area (Å²) in [5.41, 5.74) is 16.1. The van der Waals surface area contributed by atoms with Gasteiger partial charge in [-0.1, -0.05) is 224 Å². The number of aromatic nitrogens is 5. The zero-order chi connectivity index (χ0) is 52.7. The number of fused-ring (bicyclic) bond motifs is 12. The number of nitrogens with zero attached hydrogens (tertiary/aromatic N) is 5. The first-order valence-electron chi connectivity index (χ1n) is 27.3. The normalized spacial score (nSPS) is 11.8. The van der Waals surface area contributed by atoms with Gasteiger partial charge in [-0.05, 0) is 126 Å². The van der Waals surface area contributed by atoms with Crippen LogP contribution >= 0.6 is 0 Å². The van der Waals surface area contributed by atoms with E-state index < -0.39 is 0 Å². The van der Waals surface area contributed by atoms with Crippen molar-refractivity contribution >= 4 is 75.9 Å². The molecule has 0 fully saturated rings. The van der Waals surface area contributed by atoms with E-state index in [4.69, 9.17) is 15.0 Å². The van der Waals surface area contributed by atoms with Crippen molar-refractivity contribution in [2.24, 2.45) is 0 Å². The fourth-order valence-electron chi connectivity index (χ4n) is 12.6. The first-order valence-corrected chi connectivity index (χ1v) is 27.3. The highest BCUT2D eigenvalue weighted by molar-refractivity contribution is 6.26. The minimum absolute atomic E-state index is 0.578. The van der Waals surface area contributed by atoms with Crippen LogP contribution in [0.3, 0.4) is 0 Å². The molecular formula is C75H47N5. The fraction of sp³-hybridized carbons (Fsp3) is 0. The lowest BCUT2D eigenvalue weighted by Gasteiger charge is -2.17. The van der Waals surface area contributed by atoms with Crippen LogP contribution in [0, 0.1) is 0 Å². The molecule has 0 atom stereocenters. The highest BCUT2D eigenvalue weighted by Crippen LogP contribution is 2.46. The van der Waals surface area contributed by atoms with E-state index in [0.717, 1.165) is 77.6 Å². The van der Waals surface area contributed by atoms with Crippen LogP contribution in [0.25, 0.3) is 155 Å². The van der Waals surface area contributed by atoms with Gasteiger partial charge in [0.1, 0.15) is 0 Å². The van der Waals surface area contributed by atoms with Gasteiger partial charge in [-0.3, -0.25) is 0 Å². The third-order valence-electron chi connectivity index (χ3n) is 16.2. The molecule has 3 aromatic heterocycles. The average molecular weight is 1020 g/mol. The second-order valence-corrected chi connectivity index (χ2v) is 20.6. The van der Waals surface area contributed by atoms with Gasteiger partial charge in [0.05, 0.1) is 27.8 Å². The van der Waals surface area contributed by atoms with Crippen molar-refractivity contribution in [2.45, 2.75) is 0 Å². The number of hydrogen-bond acceptors (Lipinski definition) is 3. The van der Waals surface area contributed by atoms with Crippen LogP contribution in [0.5, 0.6) is 0 Å². The van der Waals surface area contributed by atoms with Crippen LogP contribution in [0.4, 0.5) is 0 Å². The zero-order valence-corrected chi connectivity index (χ0v) is 43.4. The van der Waals surface area contributed by atoms with E-state index in [0.29, 0.717) is 17.5 Å². The SMILES string of the molecule is c1ccc(-c2cccc(-c3nc(-c4ccc5c6ccccc6c6ccccc6c5c4)nc(-c4ccc(-c5ccccc5)cc4-n4c5ccccc5c5c(-c6cccc7c6c6ccccc6n7-c6ccccc6)cccc54)n3)c2)cc1. The van der Waals surface area contributed by atoms with Crippen LogP contribution in [-0.4, -0.2) is 24.1 Å². The Kier molecular flexibility index (Phi) is 10.5. The monoisotopic (exact) mass is 1020 g/mol. The number of hydrogen-bond donors (Lipinski definition) is 0. The van der Waals surface area contributed by atoms with Gasteiger partial charge in [-0.2, -0.15) is 0 Å². The molecule has 3 heterocycles. The summed E-state index contributed by atoms with van der Waals surface area (Å²) in [6.07, 6.45) is 0. The molecular weight excluding hydrogens is 971 g/mol. The predicted octanol–water partition coefficient (Wildman–Crippen LogP) is 19.5. The molecule has 13 aromatic carbocycles. The van der Waals surface area contributed by atoms with Crippen LogP contribution in [0.1, 0.15) is 0 Å². The van der Waals surface area contributed by atoms with Gasteiger partial charge in [-0.25, -0.2) is 15.0 Å². The minimum Gasteiger partial charge on any atom is -0.309 e. The largest absolute Gasteiger partial charge is 0.309 e. The zero-order valence-electron chi connectivity index (χ0n) is 43.4. The summed E-state index contributed by atoms with van der Waals surface area (Å²) in [6.45, 7) is 0. The molecule has 0 saturated carbocycles. The molecule has 0 spiro atoms. The van der Waals surface area contributed by atoms with Crippen LogP contribution in [0.15, 0.2) is 285 Å². The summed E-state index contributed by atoms with van der Waals surface area (Å²) in [7, 11) is 0. The number of para-hydroxylation sites is 3. The van der Waals surface area contributed by atoms with Gasteiger partial charge in [0, 0.05) is 43.9 Å². The lowest BCUT2D eigenvalue weighted by molar-refractivity contribution is 1.07. The molecule has 0 unspecified atom stereocenters. The van der Waals surface area contributed by atoms with Gasteiger partial charge in [-0.15, -0.1) is 0 Å². The van der Waals surface area contributed by atoms with E-state index in [-0.39, 0.29) is 0 Å². The Balaban J connectivity index is 0.965. The molecule has 0 radical (unpaired) electrons. The second kappa shape index (κ2) is 18.5. The number of rotatable bonds is 8. The van der Waals surface area contributed by atoms with E-state index in [1.165, 1.54) is 59.7 Å². The van der Waals surface area contributed by atoms with Crippen molar-refractivity contribution in [1.82, 2.24) is 24.1 Å². The Morgan fingerprint density at radius 1 is 0.212 bits per heavy atom. The summed E-state index contributed by atoms with van der Waals surface area (Å²) in [4.78, 5) is 16.5. The molecule has 16 aromatic rings. The first-order chi connectivity index (χ1) is 39.7. The smallest absolute Gasteiger partial charge is 0.166 e. The van der Waals surface area contributed by atoms with Crippen LogP contribution in [-0.2, 0) is 0 Å². The molecule has 0 aliphatic heterocycles. The Morgan fingerprint density at radius 2 is 0.613 bits per heavy atom. The van der Waals surface area contributed by atoms with Crippen molar-refractivity contribution in [1.29, 1.82) is 0 Å². The molecule has 372 valence electrons. The molecule has 0 bridgehead atoms. The lowest BCUT2D eigenvalue weighted by atomic mass is 9.93. The van der Waals surface area contributed by atoms with E-state index in [1.807, 2.05) is 0 Å². The summed E-state index contributed by atoms with van der Waals surface area (Å²) < 4.78 is 4.84. The molecule has 0 aliphatic rings. The van der Waals surface area contributed by atoms with Crippen molar-refractivity contribution in [3.05, 3.63) is 285 Å². The molecule has 16 rings (SSSR count). The van der Waals surface area contributed by atoms with Gasteiger partial charge in [0.25, 0.3) is 0 Å². The van der Waals surface area contributed by atoms with Gasteiger partial charge < -0.3 is 9.13 Å². The first kappa shape index (κ1) is 45.4. The van der Waals surface area contributed by atoms with E-state index >= 15 is 0 Å². The maximum atomic E-state index is 5.58. The molecule has 5 heteroatoms. The summed E-state index contributed by atoms with van der Waals surface area (Å²) in [5, 5.41) is 12.0. The van der Waals surface area contributed by atoms with Crippen molar-refractivity contribution in [3.63, 3.8) is 0 Å². The highest BCUT2D eigenvalue weighted by Gasteiger charge is 2.24. The maximum absolute atomic E-state index is 5.58. The van der Waals surface area contributed by atoms with E-state index in [9.17, 15) is 0 Å². The Labute approximate surface area is 461 Å². The van der Waals surface area contributed by atoms with Gasteiger partial charge >= 0.3 is 0 Å². The Hall–Kier alpha value is -10.8. The maximum Gasteiger partial charge on any atom is 0.166 e. The quantitative estimate of drug-likeness (QED) is 0.143. The van der Waals surface area contributed by atoms with Crippen molar-refractivity contribution in [3.8, 4) is 78.9 Å². The van der Waals surface area contributed by atoms with E-state index in [1.54, 1.807) is 0 Å².